The van der Waals surface area contributed by atoms with Crippen LogP contribution in [-0.4, -0.2) is 37.9 Å². The molecule has 0 spiro atoms. The number of nitrogens with one attached hydrogen (secondary N) is 1. The van der Waals surface area contributed by atoms with Crippen LogP contribution in [0.3, 0.4) is 0 Å². The van der Waals surface area contributed by atoms with Gasteiger partial charge in [0, 0.05) is 12.1 Å². The number of amides is 1. The third kappa shape index (κ3) is 3.51. The van der Waals surface area contributed by atoms with Crippen LogP contribution < -0.4 is 19.5 Å². The maximum atomic E-state index is 11.8. The first-order valence-electron chi connectivity index (χ1n) is 5.67. The maximum Gasteiger partial charge on any atom is 0.255 e. The monoisotopic (exact) mass is 269 g/mol. The second-order valence-corrected chi connectivity index (χ2v) is 4.42. The number of anilines is 1. The average molecular weight is 269 g/mol. The second kappa shape index (κ2) is 5.79. The highest BCUT2D eigenvalue weighted by atomic mass is 16.5. The third-order valence-corrected chi connectivity index (χ3v) is 2.51. The van der Waals surface area contributed by atoms with Crippen molar-refractivity contribution in [2.24, 2.45) is 0 Å². The average Bonchev–Trinajstić information content (AvgIpc) is 2.37. The first kappa shape index (κ1) is 15.1. The van der Waals surface area contributed by atoms with Crippen molar-refractivity contribution in [1.82, 2.24) is 0 Å². The molecule has 0 atom stereocenters. The number of ether oxygens (including phenoxy) is 3. The van der Waals surface area contributed by atoms with Crippen LogP contribution >= 0.6 is 0 Å². The summed E-state index contributed by atoms with van der Waals surface area (Å²) in [5.74, 6) is 0.742. The highest BCUT2D eigenvalue weighted by molar-refractivity contribution is 5.99. The Labute approximate surface area is 112 Å². The summed E-state index contributed by atoms with van der Waals surface area (Å²) in [5.41, 5.74) is -1.16. The van der Waals surface area contributed by atoms with Crippen LogP contribution in [0.1, 0.15) is 13.8 Å². The number of carbonyl (C=O) groups is 1. The molecule has 106 valence electrons. The molecule has 1 rings (SSSR count). The van der Waals surface area contributed by atoms with Crippen molar-refractivity contribution < 1.29 is 24.1 Å². The predicted octanol–water partition coefficient (Wildman–Crippen LogP) is 1.42. The molecule has 0 aliphatic heterocycles. The lowest BCUT2D eigenvalue weighted by Gasteiger charge is -2.20. The fourth-order valence-electron chi connectivity index (χ4n) is 1.40. The molecule has 6 heteroatoms. The highest BCUT2D eigenvalue weighted by Gasteiger charge is 2.26. The Morgan fingerprint density at radius 1 is 1.11 bits per heavy atom. The Morgan fingerprint density at radius 2 is 1.58 bits per heavy atom. The first-order chi connectivity index (χ1) is 8.83. The number of carbonyl (C=O) groups excluding carboxylic acids is 1. The van der Waals surface area contributed by atoms with Crippen LogP contribution in [0.25, 0.3) is 0 Å². The van der Waals surface area contributed by atoms with Crippen LogP contribution in [-0.2, 0) is 4.79 Å². The van der Waals surface area contributed by atoms with Gasteiger partial charge in [0.2, 0.25) is 0 Å². The Morgan fingerprint density at radius 3 is 1.89 bits per heavy atom. The summed E-state index contributed by atoms with van der Waals surface area (Å²) in [4.78, 5) is 11.8. The quantitative estimate of drug-likeness (QED) is 0.845. The van der Waals surface area contributed by atoms with Gasteiger partial charge in [0.05, 0.1) is 21.3 Å². The zero-order chi connectivity index (χ0) is 14.6. The molecule has 0 saturated carbocycles. The molecule has 0 aliphatic carbocycles. The van der Waals surface area contributed by atoms with Crippen LogP contribution in [0.2, 0.25) is 0 Å². The molecule has 19 heavy (non-hydrogen) atoms. The molecule has 0 bridgehead atoms. The van der Waals surface area contributed by atoms with Crippen molar-refractivity contribution in [3.05, 3.63) is 12.1 Å². The van der Waals surface area contributed by atoms with Crippen molar-refractivity contribution >= 4 is 11.6 Å². The summed E-state index contributed by atoms with van der Waals surface area (Å²) in [6, 6.07) is 3.23. The molecule has 1 amide bonds. The van der Waals surface area contributed by atoms with Crippen LogP contribution in [0.15, 0.2) is 12.1 Å². The third-order valence-electron chi connectivity index (χ3n) is 2.51. The molecule has 1 aromatic rings. The van der Waals surface area contributed by atoms with E-state index < -0.39 is 11.5 Å². The number of hydrogen-bond donors (Lipinski definition) is 2. The molecule has 0 radical (unpaired) electrons. The van der Waals surface area contributed by atoms with E-state index in [1.54, 1.807) is 12.1 Å². The number of hydrogen-bond acceptors (Lipinski definition) is 5. The Balaban J connectivity index is 3.21. The molecule has 1 aromatic carbocycles. The standard InChI is InChI=1S/C13H19NO5/c1-13(2,16)12(15)14-11-9(18-4)6-8(17-3)7-10(11)19-5/h6-7,16H,1-5H3,(H,14,15). The SMILES string of the molecule is COc1cc(OC)c(NC(=O)C(C)(C)O)c(OC)c1. The van der Waals surface area contributed by atoms with Gasteiger partial charge in [0.25, 0.3) is 5.91 Å². The lowest BCUT2D eigenvalue weighted by Crippen LogP contribution is -2.36. The highest BCUT2D eigenvalue weighted by Crippen LogP contribution is 2.39. The molecule has 2 N–H and O–H groups in total. The molecular weight excluding hydrogens is 250 g/mol. The number of aliphatic hydroxyl groups is 1. The minimum atomic E-state index is -1.50. The van der Waals surface area contributed by atoms with E-state index in [2.05, 4.69) is 5.32 Å². The van der Waals surface area contributed by atoms with Gasteiger partial charge in [0.1, 0.15) is 28.5 Å². The van der Waals surface area contributed by atoms with Crippen molar-refractivity contribution in [3.8, 4) is 17.2 Å². The van der Waals surface area contributed by atoms with E-state index >= 15 is 0 Å². The topological polar surface area (TPSA) is 77.0 Å². The first-order valence-corrected chi connectivity index (χ1v) is 5.67. The second-order valence-electron chi connectivity index (χ2n) is 4.42. The van der Waals surface area contributed by atoms with Gasteiger partial charge < -0.3 is 24.6 Å². The van der Waals surface area contributed by atoms with E-state index in [1.165, 1.54) is 35.2 Å². The fourth-order valence-corrected chi connectivity index (χ4v) is 1.40. The van der Waals surface area contributed by atoms with Crippen LogP contribution in [0.4, 0.5) is 5.69 Å². The molecule has 6 nitrogen and oxygen atoms in total. The molecule has 0 aromatic heterocycles. The molecule has 0 saturated heterocycles. The van der Waals surface area contributed by atoms with Gasteiger partial charge in [-0.2, -0.15) is 0 Å². The van der Waals surface area contributed by atoms with Crippen LogP contribution in [0.5, 0.6) is 17.2 Å². The van der Waals surface area contributed by atoms with Gasteiger partial charge >= 0.3 is 0 Å². The van der Waals surface area contributed by atoms with E-state index in [1.807, 2.05) is 0 Å². The van der Waals surface area contributed by atoms with Crippen molar-refractivity contribution in [1.29, 1.82) is 0 Å². The molecule has 0 unspecified atom stereocenters. The minimum Gasteiger partial charge on any atom is -0.496 e. The Bertz CT molecular complexity index is 440. The summed E-state index contributed by atoms with van der Waals surface area (Å²) in [6.45, 7) is 2.79. The zero-order valence-corrected chi connectivity index (χ0v) is 11.7. The van der Waals surface area contributed by atoms with Crippen molar-refractivity contribution in [2.75, 3.05) is 26.6 Å². The van der Waals surface area contributed by atoms with E-state index in [0.717, 1.165) is 0 Å². The molecule has 0 heterocycles. The van der Waals surface area contributed by atoms with Crippen molar-refractivity contribution in [2.45, 2.75) is 19.4 Å². The van der Waals surface area contributed by atoms with Gasteiger partial charge in [-0.3, -0.25) is 4.79 Å². The lowest BCUT2D eigenvalue weighted by atomic mass is 10.1. The van der Waals surface area contributed by atoms with E-state index in [9.17, 15) is 9.90 Å². The number of rotatable bonds is 5. The molecule has 0 aliphatic rings. The zero-order valence-electron chi connectivity index (χ0n) is 11.7. The van der Waals surface area contributed by atoms with E-state index in [4.69, 9.17) is 14.2 Å². The minimum absolute atomic E-state index is 0.345. The number of methoxy groups -OCH3 is 3. The Hall–Kier alpha value is -1.95. The smallest absolute Gasteiger partial charge is 0.255 e. The fraction of sp³-hybridized carbons (Fsp3) is 0.462. The van der Waals surface area contributed by atoms with E-state index in [-0.39, 0.29) is 0 Å². The summed E-state index contributed by atoms with van der Waals surface area (Å²) in [5, 5.41) is 12.2. The van der Waals surface area contributed by atoms with Crippen molar-refractivity contribution in [3.63, 3.8) is 0 Å². The summed E-state index contributed by atoms with van der Waals surface area (Å²) < 4.78 is 15.5. The lowest BCUT2D eigenvalue weighted by molar-refractivity contribution is -0.130. The molecule has 0 fully saturated rings. The predicted molar refractivity (Wildman–Crippen MR) is 71.0 cm³/mol. The maximum absolute atomic E-state index is 11.8. The van der Waals surface area contributed by atoms with Crippen LogP contribution in [0, 0.1) is 0 Å². The summed E-state index contributed by atoms with van der Waals surface area (Å²) in [7, 11) is 4.45. The van der Waals surface area contributed by atoms with Gasteiger partial charge in [-0.25, -0.2) is 0 Å². The summed E-state index contributed by atoms with van der Waals surface area (Å²) in [6.07, 6.45) is 0. The number of benzene rings is 1. The largest absolute Gasteiger partial charge is 0.496 e. The van der Waals surface area contributed by atoms with Gasteiger partial charge in [-0.05, 0) is 13.8 Å². The Kier molecular flexibility index (Phi) is 4.61. The summed E-state index contributed by atoms with van der Waals surface area (Å²) >= 11 is 0. The van der Waals surface area contributed by atoms with E-state index in [0.29, 0.717) is 22.9 Å². The normalized spacial score (nSPS) is 10.8. The van der Waals surface area contributed by atoms with Gasteiger partial charge in [0.15, 0.2) is 0 Å². The molecular formula is C13H19NO5. The van der Waals surface area contributed by atoms with Gasteiger partial charge in [-0.15, -0.1) is 0 Å². The van der Waals surface area contributed by atoms with Gasteiger partial charge in [-0.1, -0.05) is 0 Å².